The van der Waals surface area contributed by atoms with Crippen molar-refractivity contribution in [3.63, 3.8) is 0 Å². The lowest BCUT2D eigenvalue weighted by Crippen LogP contribution is -2.09. The second-order valence-electron chi connectivity index (χ2n) is 4.60. The molecule has 0 atom stereocenters. The molecule has 2 aromatic rings. The minimum atomic E-state index is -0.510. The van der Waals surface area contributed by atoms with Crippen molar-refractivity contribution in [2.75, 3.05) is 7.11 Å². The molecule has 1 aliphatic carbocycles. The number of fused-ring (bicyclic) bond motifs is 1. The van der Waals surface area contributed by atoms with Gasteiger partial charge < -0.3 is 9.30 Å². The summed E-state index contributed by atoms with van der Waals surface area (Å²) in [5.74, 6) is -0.510. The first-order chi connectivity index (χ1) is 9.15. The standard InChI is InChI=1S/C13H12N4O2/c1-7-11(13(18)19-2)16-10-5-9(6-14)17(8-3-4-8)12(10)15-7/h5,8H,3-4H2,1-2H3. The van der Waals surface area contributed by atoms with Gasteiger partial charge in [0.2, 0.25) is 0 Å². The normalized spacial score (nSPS) is 14.4. The fourth-order valence-corrected chi connectivity index (χ4v) is 2.19. The predicted octanol–water partition coefficient (Wildman–Crippen LogP) is 1.73. The third-order valence-electron chi connectivity index (χ3n) is 3.24. The molecule has 0 amide bonds. The Balaban J connectivity index is 2.26. The molecule has 1 aliphatic rings. The second-order valence-corrected chi connectivity index (χ2v) is 4.60. The molecule has 6 heteroatoms. The molecule has 19 heavy (non-hydrogen) atoms. The van der Waals surface area contributed by atoms with E-state index in [4.69, 9.17) is 0 Å². The first-order valence-corrected chi connectivity index (χ1v) is 6.03. The van der Waals surface area contributed by atoms with Gasteiger partial charge in [-0.15, -0.1) is 0 Å². The van der Waals surface area contributed by atoms with E-state index in [0.29, 0.717) is 28.6 Å². The molecule has 1 saturated carbocycles. The van der Waals surface area contributed by atoms with Crippen LogP contribution in [0.15, 0.2) is 6.07 Å². The molecule has 0 aromatic carbocycles. The van der Waals surface area contributed by atoms with Crippen molar-refractivity contribution >= 4 is 17.1 Å². The van der Waals surface area contributed by atoms with Crippen molar-refractivity contribution in [2.45, 2.75) is 25.8 Å². The average molecular weight is 256 g/mol. The fraction of sp³-hybridized carbons (Fsp3) is 0.385. The number of methoxy groups -OCH3 is 1. The number of aromatic nitrogens is 3. The number of hydrogen-bond acceptors (Lipinski definition) is 5. The zero-order chi connectivity index (χ0) is 13.6. The SMILES string of the molecule is COC(=O)c1nc2cc(C#N)n(C3CC3)c2nc1C. The molecule has 0 bridgehead atoms. The van der Waals surface area contributed by atoms with E-state index < -0.39 is 5.97 Å². The molecule has 2 heterocycles. The molecule has 0 radical (unpaired) electrons. The van der Waals surface area contributed by atoms with Crippen LogP contribution in [0.5, 0.6) is 0 Å². The van der Waals surface area contributed by atoms with E-state index >= 15 is 0 Å². The van der Waals surface area contributed by atoms with Crippen LogP contribution in [-0.2, 0) is 4.74 Å². The van der Waals surface area contributed by atoms with Gasteiger partial charge in [0, 0.05) is 12.1 Å². The topological polar surface area (TPSA) is 80.8 Å². The van der Waals surface area contributed by atoms with Crippen LogP contribution in [0.1, 0.15) is 40.8 Å². The fourth-order valence-electron chi connectivity index (χ4n) is 2.19. The summed E-state index contributed by atoms with van der Waals surface area (Å²) < 4.78 is 6.59. The van der Waals surface area contributed by atoms with E-state index in [2.05, 4.69) is 20.8 Å². The summed E-state index contributed by atoms with van der Waals surface area (Å²) in [6.45, 7) is 1.72. The smallest absolute Gasteiger partial charge is 0.358 e. The van der Waals surface area contributed by atoms with Crippen molar-refractivity contribution < 1.29 is 9.53 Å². The van der Waals surface area contributed by atoms with Gasteiger partial charge >= 0.3 is 5.97 Å². The number of esters is 1. The third kappa shape index (κ3) is 1.74. The zero-order valence-electron chi connectivity index (χ0n) is 10.7. The van der Waals surface area contributed by atoms with Crippen LogP contribution in [0.4, 0.5) is 0 Å². The lowest BCUT2D eigenvalue weighted by Gasteiger charge is -2.05. The first-order valence-electron chi connectivity index (χ1n) is 6.03. The molecule has 3 rings (SSSR count). The Bertz CT molecular complexity index is 722. The Morgan fingerprint density at radius 3 is 2.84 bits per heavy atom. The number of carbonyl (C=O) groups is 1. The molecule has 0 N–H and O–H groups in total. The number of aryl methyl sites for hydroxylation is 1. The molecule has 6 nitrogen and oxygen atoms in total. The van der Waals surface area contributed by atoms with Crippen LogP contribution in [0.2, 0.25) is 0 Å². The van der Waals surface area contributed by atoms with Gasteiger partial charge in [-0.05, 0) is 19.8 Å². The monoisotopic (exact) mass is 256 g/mol. The van der Waals surface area contributed by atoms with Gasteiger partial charge in [-0.1, -0.05) is 0 Å². The molecular weight excluding hydrogens is 244 g/mol. The van der Waals surface area contributed by atoms with E-state index in [-0.39, 0.29) is 5.69 Å². The van der Waals surface area contributed by atoms with Gasteiger partial charge in [-0.25, -0.2) is 14.8 Å². The first kappa shape index (κ1) is 11.7. The summed E-state index contributed by atoms with van der Waals surface area (Å²) >= 11 is 0. The number of rotatable bonds is 2. The van der Waals surface area contributed by atoms with Crippen LogP contribution in [0.25, 0.3) is 11.2 Å². The van der Waals surface area contributed by atoms with Crippen LogP contribution in [0, 0.1) is 18.3 Å². The van der Waals surface area contributed by atoms with E-state index in [9.17, 15) is 10.1 Å². The zero-order valence-corrected chi connectivity index (χ0v) is 10.7. The number of nitrogens with zero attached hydrogens (tertiary/aromatic N) is 4. The van der Waals surface area contributed by atoms with Crippen molar-refractivity contribution in [3.05, 3.63) is 23.1 Å². The van der Waals surface area contributed by atoms with E-state index in [0.717, 1.165) is 12.8 Å². The highest BCUT2D eigenvalue weighted by Crippen LogP contribution is 2.38. The van der Waals surface area contributed by atoms with Crippen molar-refractivity contribution in [1.82, 2.24) is 14.5 Å². The highest BCUT2D eigenvalue weighted by molar-refractivity contribution is 5.90. The Kier molecular flexibility index (Phi) is 2.49. The summed E-state index contributed by atoms with van der Waals surface area (Å²) in [6.07, 6.45) is 2.11. The van der Waals surface area contributed by atoms with Gasteiger partial charge in [-0.3, -0.25) is 0 Å². The Hall–Kier alpha value is -2.42. The molecule has 2 aromatic heterocycles. The van der Waals surface area contributed by atoms with Crippen LogP contribution in [-0.4, -0.2) is 27.6 Å². The van der Waals surface area contributed by atoms with Crippen LogP contribution in [0.3, 0.4) is 0 Å². The van der Waals surface area contributed by atoms with Crippen LogP contribution < -0.4 is 0 Å². The summed E-state index contributed by atoms with van der Waals surface area (Å²) in [4.78, 5) is 20.3. The molecule has 0 unspecified atom stereocenters. The number of hydrogen-bond donors (Lipinski definition) is 0. The van der Waals surface area contributed by atoms with E-state index in [1.807, 2.05) is 4.57 Å². The van der Waals surface area contributed by atoms with Crippen LogP contribution >= 0.6 is 0 Å². The predicted molar refractivity (Wildman–Crippen MR) is 66.6 cm³/mol. The third-order valence-corrected chi connectivity index (χ3v) is 3.24. The summed E-state index contributed by atoms with van der Waals surface area (Å²) in [7, 11) is 1.31. The van der Waals surface area contributed by atoms with Crippen molar-refractivity contribution in [1.29, 1.82) is 5.26 Å². The Labute approximate surface area is 109 Å². The van der Waals surface area contributed by atoms with Crippen molar-refractivity contribution in [3.8, 4) is 6.07 Å². The maximum absolute atomic E-state index is 11.6. The number of nitriles is 1. The molecule has 0 saturated heterocycles. The Morgan fingerprint density at radius 1 is 1.53 bits per heavy atom. The second kappa shape index (κ2) is 4.05. The quantitative estimate of drug-likeness (QED) is 0.764. The number of carbonyl (C=O) groups excluding carboxylic acids is 1. The molecule has 96 valence electrons. The maximum atomic E-state index is 11.6. The molecular formula is C13H12N4O2. The van der Waals surface area contributed by atoms with Gasteiger partial charge in [0.25, 0.3) is 0 Å². The minimum Gasteiger partial charge on any atom is -0.464 e. The van der Waals surface area contributed by atoms with Gasteiger partial charge in [-0.2, -0.15) is 5.26 Å². The van der Waals surface area contributed by atoms with Crippen molar-refractivity contribution in [2.24, 2.45) is 0 Å². The van der Waals surface area contributed by atoms with Gasteiger partial charge in [0.05, 0.1) is 12.8 Å². The molecule has 0 spiro atoms. The Morgan fingerprint density at radius 2 is 2.26 bits per heavy atom. The summed E-state index contributed by atoms with van der Waals surface area (Å²) in [5.41, 5.74) is 2.49. The highest BCUT2D eigenvalue weighted by atomic mass is 16.5. The van der Waals surface area contributed by atoms with Gasteiger partial charge in [0.15, 0.2) is 11.3 Å². The maximum Gasteiger partial charge on any atom is 0.358 e. The largest absolute Gasteiger partial charge is 0.464 e. The van der Waals surface area contributed by atoms with E-state index in [1.54, 1.807) is 13.0 Å². The lowest BCUT2D eigenvalue weighted by molar-refractivity contribution is 0.0593. The lowest BCUT2D eigenvalue weighted by atomic mass is 10.3. The molecule has 0 aliphatic heterocycles. The molecule has 1 fully saturated rings. The number of ether oxygens (including phenoxy) is 1. The van der Waals surface area contributed by atoms with Gasteiger partial charge in [0.1, 0.15) is 17.3 Å². The van der Waals surface area contributed by atoms with E-state index in [1.165, 1.54) is 7.11 Å². The average Bonchev–Trinajstić information content (AvgIpc) is 3.18. The summed E-state index contributed by atoms with van der Waals surface area (Å²) in [5, 5.41) is 9.17. The highest BCUT2D eigenvalue weighted by Gasteiger charge is 2.29. The summed E-state index contributed by atoms with van der Waals surface area (Å²) in [6, 6.07) is 4.17. The minimum absolute atomic E-state index is 0.201.